The minimum absolute atomic E-state index is 0.913. The number of imidazole rings is 2. The predicted octanol–water partition coefficient (Wildman–Crippen LogP) is 7.33. The van der Waals surface area contributed by atoms with Gasteiger partial charge in [0.05, 0.1) is 24.0 Å². The van der Waals surface area contributed by atoms with E-state index in [4.69, 9.17) is 9.98 Å². The maximum Gasteiger partial charge on any atom is 0.0991 e. The van der Waals surface area contributed by atoms with Crippen molar-refractivity contribution < 1.29 is 0 Å². The monoisotopic (exact) mass is 494 g/mol. The Bertz CT molecular complexity index is 1640. The van der Waals surface area contributed by atoms with Crippen LogP contribution in [0.3, 0.4) is 0 Å². The average molecular weight is 495 g/mol. The molecule has 0 N–H and O–H groups in total. The molecule has 0 amide bonds. The summed E-state index contributed by atoms with van der Waals surface area (Å²) in [6.07, 6.45) is 14.9. The van der Waals surface area contributed by atoms with Crippen LogP contribution in [0.1, 0.15) is 22.3 Å². The molecular weight excluding hydrogens is 468 g/mol. The molecule has 0 aliphatic rings. The lowest BCUT2D eigenvalue weighted by Crippen LogP contribution is -1.95. The van der Waals surface area contributed by atoms with Crippen molar-refractivity contribution >= 4 is 34.6 Å². The Morgan fingerprint density at radius 2 is 1.08 bits per heavy atom. The van der Waals surface area contributed by atoms with E-state index in [-0.39, 0.29) is 0 Å². The van der Waals surface area contributed by atoms with Crippen LogP contribution in [-0.4, -0.2) is 31.5 Å². The highest BCUT2D eigenvalue weighted by Gasteiger charge is 2.06. The van der Waals surface area contributed by atoms with E-state index < -0.39 is 0 Å². The molecule has 0 spiro atoms. The normalized spacial score (nSPS) is 11.7. The second-order valence-electron chi connectivity index (χ2n) is 9.20. The summed E-state index contributed by atoms with van der Waals surface area (Å²) >= 11 is 0. The van der Waals surface area contributed by atoms with Crippen LogP contribution in [-0.2, 0) is 0 Å². The fourth-order valence-electron chi connectivity index (χ4n) is 4.68. The third-order valence-corrected chi connectivity index (χ3v) is 6.59. The lowest BCUT2D eigenvalue weighted by atomic mass is 10.1. The van der Waals surface area contributed by atoms with E-state index in [1.165, 1.54) is 0 Å². The summed E-state index contributed by atoms with van der Waals surface area (Å²) < 4.78 is 4.02. The van der Waals surface area contributed by atoms with Crippen molar-refractivity contribution in [2.24, 2.45) is 9.98 Å². The molecule has 6 rings (SSSR count). The zero-order valence-corrected chi connectivity index (χ0v) is 21.2. The largest absolute Gasteiger partial charge is 0.306 e. The molecule has 2 heterocycles. The minimum Gasteiger partial charge on any atom is -0.306 e. The Labute approximate surface area is 221 Å². The number of hydrogen-bond donors (Lipinski definition) is 0. The van der Waals surface area contributed by atoms with Gasteiger partial charge >= 0.3 is 0 Å². The quantitative estimate of drug-likeness (QED) is 0.228. The molecule has 0 saturated heterocycles. The molecule has 4 aromatic carbocycles. The molecule has 6 aromatic rings. The first-order chi connectivity index (χ1) is 18.7. The Kier molecular flexibility index (Phi) is 6.20. The van der Waals surface area contributed by atoms with Crippen molar-refractivity contribution in [3.8, 4) is 11.4 Å². The lowest BCUT2D eigenvalue weighted by molar-refractivity contribution is 1.04. The molecule has 0 bridgehead atoms. The molecule has 0 saturated carbocycles. The van der Waals surface area contributed by atoms with Crippen LogP contribution in [0, 0.1) is 13.8 Å². The van der Waals surface area contributed by atoms with E-state index in [9.17, 15) is 0 Å². The zero-order valence-electron chi connectivity index (χ0n) is 21.2. The van der Waals surface area contributed by atoms with E-state index in [2.05, 4.69) is 72.3 Å². The highest BCUT2D eigenvalue weighted by Crippen LogP contribution is 2.33. The number of rotatable bonds is 6. The van der Waals surface area contributed by atoms with Gasteiger partial charge in [-0.25, -0.2) is 9.97 Å². The maximum absolute atomic E-state index is 4.84. The Morgan fingerprint density at radius 3 is 1.47 bits per heavy atom. The minimum atomic E-state index is 0.913. The number of aliphatic imine (C=N–C) groups is 2. The van der Waals surface area contributed by atoms with Gasteiger partial charge in [-0.2, -0.15) is 0 Å². The van der Waals surface area contributed by atoms with E-state index in [0.717, 1.165) is 55.8 Å². The van der Waals surface area contributed by atoms with Crippen LogP contribution in [0.25, 0.3) is 22.1 Å². The number of hydrogen-bond acceptors (Lipinski definition) is 4. The first kappa shape index (κ1) is 23.3. The first-order valence-electron chi connectivity index (χ1n) is 12.4. The summed E-state index contributed by atoms with van der Waals surface area (Å²) in [5, 5.41) is 2.13. The molecule has 0 aliphatic heterocycles. The molecule has 0 aliphatic carbocycles. The molecule has 184 valence electrons. The molecular formula is C32H26N6. The molecule has 2 aromatic heterocycles. The van der Waals surface area contributed by atoms with Gasteiger partial charge in [-0.15, -0.1) is 0 Å². The third-order valence-electron chi connectivity index (χ3n) is 6.59. The maximum atomic E-state index is 4.84. The first-order valence-corrected chi connectivity index (χ1v) is 12.4. The van der Waals surface area contributed by atoms with Gasteiger partial charge in [-0.05, 0) is 72.5 Å². The Balaban J connectivity index is 1.27. The van der Waals surface area contributed by atoms with E-state index in [1.807, 2.05) is 70.9 Å². The second kappa shape index (κ2) is 10.1. The third kappa shape index (κ3) is 4.67. The van der Waals surface area contributed by atoms with Gasteiger partial charge in [0, 0.05) is 59.4 Å². The van der Waals surface area contributed by atoms with Gasteiger partial charge in [0.1, 0.15) is 0 Å². The number of nitrogens with zero attached hydrogens (tertiary/aromatic N) is 6. The van der Waals surface area contributed by atoms with Gasteiger partial charge in [-0.1, -0.05) is 36.4 Å². The highest BCUT2D eigenvalue weighted by atomic mass is 15.0. The second-order valence-corrected chi connectivity index (χ2v) is 9.20. The summed E-state index contributed by atoms with van der Waals surface area (Å²) in [5.74, 6) is 0. The zero-order chi connectivity index (χ0) is 25.9. The molecule has 0 atom stereocenters. The summed E-state index contributed by atoms with van der Waals surface area (Å²) in [5.41, 5.74) is 8.47. The molecule has 6 nitrogen and oxygen atoms in total. The molecule has 38 heavy (non-hydrogen) atoms. The summed E-state index contributed by atoms with van der Waals surface area (Å²) in [4.78, 5) is 18.0. The lowest BCUT2D eigenvalue weighted by Gasteiger charge is -2.08. The summed E-state index contributed by atoms with van der Waals surface area (Å²) in [7, 11) is 0. The number of benzene rings is 4. The molecule has 6 heteroatoms. The smallest absolute Gasteiger partial charge is 0.0991 e. The number of aromatic nitrogens is 4. The summed E-state index contributed by atoms with van der Waals surface area (Å²) in [6, 6.07) is 25.0. The van der Waals surface area contributed by atoms with E-state index in [1.54, 1.807) is 12.4 Å². The fourth-order valence-corrected chi connectivity index (χ4v) is 4.68. The summed E-state index contributed by atoms with van der Waals surface area (Å²) in [6.45, 7) is 4.20. The molecule has 0 fully saturated rings. The van der Waals surface area contributed by atoms with E-state index >= 15 is 0 Å². The Morgan fingerprint density at radius 1 is 0.605 bits per heavy atom. The SMILES string of the molecule is Cc1cc(C=Nc2ccc(N=Cc3ccc(-n4ccnc4)c(C)c3)c3ccccc23)ccc1-n1ccnc1. The van der Waals surface area contributed by atoms with Crippen molar-refractivity contribution in [2.75, 3.05) is 0 Å². The Hall–Kier alpha value is -5.10. The van der Waals surface area contributed by atoms with Crippen LogP contribution in [0.2, 0.25) is 0 Å². The van der Waals surface area contributed by atoms with Crippen molar-refractivity contribution in [2.45, 2.75) is 13.8 Å². The van der Waals surface area contributed by atoms with E-state index in [0.29, 0.717) is 0 Å². The van der Waals surface area contributed by atoms with Gasteiger partial charge in [0.2, 0.25) is 0 Å². The van der Waals surface area contributed by atoms with Gasteiger partial charge < -0.3 is 9.13 Å². The average Bonchev–Trinajstić information content (AvgIpc) is 3.66. The van der Waals surface area contributed by atoms with Crippen LogP contribution < -0.4 is 0 Å². The molecule has 0 radical (unpaired) electrons. The van der Waals surface area contributed by atoms with Crippen LogP contribution in [0.15, 0.2) is 120 Å². The molecule has 0 unspecified atom stereocenters. The van der Waals surface area contributed by atoms with Gasteiger partial charge in [0.15, 0.2) is 0 Å². The van der Waals surface area contributed by atoms with Crippen molar-refractivity contribution in [3.63, 3.8) is 0 Å². The highest BCUT2D eigenvalue weighted by molar-refractivity contribution is 6.02. The van der Waals surface area contributed by atoms with Gasteiger partial charge in [-0.3, -0.25) is 9.98 Å². The number of fused-ring (bicyclic) bond motifs is 1. The van der Waals surface area contributed by atoms with Crippen LogP contribution in [0.5, 0.6) is 0 Å². The predicted molar refractivity (Wildman–Crippen MR) is 155 cm³/mol. The fraction of sp³-hybridized carbons (Fsp3) is 0.0625. The van der Waals surface area contributed by atoms with Crippen molar-refractivity contribution in [1.82, 2.24) is 19.1 Å². The van der Waals surface area contributed by atoms with Crippen LogP contribution >= 0.6 is 0 Å². The van der Waals surface area contributed by atoms with Crippen molar-refractivity contribution in [3.05, 3.63) is 132 Å². The topological polar surface area (TPSA) is 60.4 Å². The van der Waals surface area contributed by atoms with Crippen molar-refractivity contribution in [1.29, 1.82) is 0 Å². The van der Waals surface area contributed by atoms with Crippen LogP contribution in [0.4, 0.5) is 11.4 Å². The van der Waals surface area contributed by atoms with Gasteiger partial charge in [0.25, 0.3) is 0 Å². The number of aryl methyl sites for hydroxylation is 2. The standard InChI is InChI=1S/C32H26N6/c1-23-17-25(7-11-31(23)37-15-13-33-21-37)19-35-29-9-10-30(28-6-4-3-5-27(28)29)36-20-26-8-12-32(24(2)18-26)38-16-14-34-22-38/h3-22H,1-2H3.